The molecule has 6 nitrogen and oxygen atoms in total. The number of hydrogen-bond donors (Lipinski definition) is 3. The van der Waals surface area contributed by atoms with Crippen molar-refractivity contribution in [3.8, 4) is 0 Å². The number of carbonyl (C=O) groups excluding carboxylic acids is 2. The van der Waals surface area contributed by atoms with Gasteiger partial charge in [0.1, 0.15) is 11.4 Å². The molecule has 1 aromatic carbocycles. The first-order chi connectivity index (χ1) is 12.0. The minimum absolute atomic E-state index is 0.266. The van der Waals surface area contributed by atoms with E-state index in [1.165, 1.54) is 18.2 Å². The van der Waals surface area contributed by atoms with Crippen LogP contribution in [-0.2, 0) is 4.74 Å². The van der Waals surface area contributed by atoms with Crippen molar-refractivity contribution in [1.29, 1.82) is 0 Å². The smallest absolute Gasteiger partial charge is 0.407 e. The summed E-state index contributed by atoms with van der Waals surface area (Å²) in [6.07, 6.45) is 1.46. The highest BCUT2D eigenvalue weighted by Gasteiger charge is 2.43. The quantitative estimate of drug-likeness (QED) is 0.739. The highest BCUT2D eigenvalue weighted by atomic mass is 19.1. The summed E-state index contributed by atoms with van der Waals surface area (Å²) in [6.45, 7) is 9.28. The normalized spacial score (nSPS) is 16.4. The maximum atomic E-state index is 13.2. The molecule has 1 aliphatic rings. The Morgan fingerprint density at radius 2 is 1.88 bits per heavy atom. The molecule has 1 saturated carbocycles. The highest BCUT2D eigenvalue weighted by Crippen LogP contribution is 2.39. The summed E-state index contributed by atoms with van der Waals surface area (Å²) in [7, 11) is 0. The Labute approximate surface area is 153 Å². The van der Waals surface area contributed by atoms with Gasteiger partial charge >= 0.3 is 12.1 Å². The van der Waals surface area contributed by atoms with Crippen molar-refractivity contribution >= 4 is 17.8 Å². The van der Waals surface area contributed by atoms with Crippen LogP contribution in [-0.4, -0.2) is 29.8 Å². The van der Waals surface area contributed by atoms with E-state index in [2.05, 4.69) is 16.0 Å². The second-order valence-electron chi connectivity index (χ2n) is 8.09. The zero-order chi connectivity index (χ0) is 19.5. The van der Waals surface area contributed by atoms with E-state index < -0.39 is 17.2 Å². The van der Waals surface area contributed by atoms with Crippen LogP contribution < -0.4 is 16.0 Å². The molecule has 0 aliphatic heterocycles. The van der Waals surface area contributed by atoms with Gasteiger partial charge in [0, 0.05) is 12.2 Å². The first kappa shape index (κ1) is 20.0. The Hall–Kier alpha value is -2.31. The number of amides is 3. The second-order valence-corrected chi connectivity index (χ2v) is 8.09. The number of hydrogen-bond acceptors (Lipinski definition) is 3. The summed E-state index contributed by atoms with van der Waals surface area (Å²) in [4.78, 5) is 24.3. The van der Waals surface area contributed by atoms with E-state index in [4.69, 9.17) is 4.74 Å². The van der Waals surface area contributed by atoms with E-state index in [9.17, 15) is 14.0 Å². The molecular formula is C19H28FN3O3. The third-order valence-corrected chi connectivity index (χ3v) is 4.31. The molecule has 26 heavy (non-hydrogen) atoms. The molecule has 3 amide bonds. The van der Waals surface area contributed by atoms with E-state index in [1.807, 2.05) is 6.92 Å². The average Bonchev–Trinajstić information content (AvgIpc) is 3.31. The van der Waals surface area contributed by atoms with Gasteiger partial charge in [-0.05, 0) is 77.1 Å². The lowest BCUT2D eigenvalue weighted by Gasteiger charge is -2.32. The van der Waals surface area contributed by atoms with Crippen LogP contribution >= 0.6 is 0 Å². The van der Waals surface area contributed by atoms with Crippen molar-refractivity contribution in [2.45, 2.75) is 58.6 Å². The average molecular weight is 365 g/mol. The summed E-state index contributed by atoms with van der Waals surface area (Å²) in [6, 6.07) is 3.80. The summed E-state index contributed by atoms with van der Waals surface area (Å²) < 4.78 is 18.4. The van der Waals surface area contributed by atoms with Crippen LogP contribution in [0.4, 0.5) is 19.7 Å². The zero-order valence-corrected chi connectivity index (χ0v) is 16.0. The highest BCUT2D eigenvalue weighted by molar-refractivity contribution is 5.90. The van der Waals surface area contributed by atoms with Gasteiger partial charge in [-0.25, -0.2) is 14.0 Å². The number of benzene rings is 1. The fraction of sp³-hybridized carbons (Fsp3) is 0.579. The standard InChI is InChI=1S/C19H28FN3O3/c1-12-10-14(20)8-9-15(12)22-16(24)23-19(5,13-6-7-13)11-21-17(25)26-18(2,3)4/h8-10,13H,6-7,11H2,1-5H3,(H,21,25)(H2,22,23,24)/t19-/m1/s1. The Bertz CT molecular complexity index is 683. The lowest BCUT2D eigenvalue weighted by atomic mass is 9.96. The maximum Gasteiger partial charge on any atom is 0.407 e. The lowest BCUT2D eigenvalue weighted by molar-refractivity contribution is 0.0509. The van der Waals surface area contributed by atoms with Crippen molar-refractivity contribution in [2.75, 3.05) is 11.9 Å². The van der Waals surface area contributed by atoms with E-state index in [-0.39, 0.29) is 24.3 Å². The predicted molar refractivity (Wildman–Crippen MR) is 98.7 cm³/mol. The molecule has 144 valence electrons. The summed E-state index contributed by atoms with van der Waals surface area (Å²) in [5.41, 5.74) is 0.0159. The van der Waals surface area contributed by atoms with Gasteiger partial charge in [0.15, 0.2) is 0 Å². The van der Waals surface area contributed by atoms with Gasteiger partial charge in [0.05, 0.1) is 5.54 Å². The van der Waals surface area contributed by atoms with Crippen LogP contribution in [0.2, 0.25) is 0 Å². The number of aryl methyl sites for hydroxylation is 1. The lowest BCUT2D eigenvalue weighted by Crippen LogP contribution is -2.56. The van der Waals surface area contributed by atoms with Crippen molar-refractivity contribution < 1.29 is 18.7 Å². The molecular weight excluding hydrogens is 337 g/mol. The van der Waals surface area contributed by atoms with E-state index in [0.29, 0.717) is 11.3 Å². The number of ether oxygens (including phenoxy) is 1. The molecule has 0 saturated heterocycles. The largest absolute Gasteiger partial charge is 0.444 e. The first-order valence-electron chi connectivity index (χ1n) is 8.81. The number of carbonyl (C=O) groups is 2. The number of halogens is 1. The SMILES string of the molecule is Cc1cc(F)ccc1NC(=O)N[C@](C)(CNC(=O)OC(C)(C)C)C1CC1. The third-order valence-electron chi connectivity index (χ3n) is 4.31. The Balaban J connectivity index is 1.96. The molecule has 1 fully saturated rings. The summed E-state index contributed by atoms with van der Waals surface area (Å²) >= 11 is 0. The number of nitrogens with one attached hydrogen (secondary N) is 3. The van der Waals surface area contributed by atoms with Crippen molar-refractivity contribution in [3.05, 3.63) is 29.6 Å². The fourth-order valence-electron chi connectivity index (χ4n) is 2.76. The van der Waals surface area contributed by atoms with Gasteiger partial charge in [0.2, 0.25) is 0 Å². The molecule has 1 aliphatic carbocycles. The molecule has 0 heterocycles. The Morgan fingerprint density at radius 3 is 2.42 bits per heavy atom. The topological polar surface area (TPSA) is 79.5 Å². The van der Waals surface area contributed by atoms with Crippen LogP contribution in [0.25, 0.3) is 0 Å². The molecule has 7 heteroatoms. The molecule has 0 unspecified atom stereocenters. The van der Waals surface area contributed by atoms with E-state index in [1.54, 1.807) is 27.7 Å². The third kappa shape index (κ3) is 5.89. The summed E-state index contributed by atoms with van der Waals surface area (Å²) in [5.74, 6) is -0.0599. The van der Waals surface area contributed by atoms with Gasteiger partial charge in [-0.15, -0.1) is 0 Å². The van der Waals surface area contributed by atoms with Crippen LogP contribution in [0.5, 0.6) is 0 Å². The number of alkyl carbamates (subject to hydrolysis) is 1. The van der Waals surface area contributed by atoms with Gasteiger partial charge in [0.25, 0.3) is 0 Å². The van der Waals surface area contributed by atoms with Crippen LogP contribution in [0.3, 0.4) is 0 Å². The maximum absolute atomic E-state index is 13.2. The van der Waals surface area contributed by atoms with Crippen molar-refractivity contribution in [1.82, 2.24) is 10.6 Å². The van der Waals surface area contributed by atoms with Crippen molar-refractivity contribution in [2.24, 2.45) is 5.92 Å². The van der Waals surface area contributed by atoms with Gasteiger partial charge < -0.3 is 20.7 Å². The van der Waals surface area contributed by atoms with Gasteiger partial charge in [-0.1, -0.05) is 0 Å². The van der Waals surface area contributed by atoms with Crippen LogP contribution in [0, 0.1) is 18.7 Å². The molecule has 2 rings (SSSR count). The second kappa shape index (κ2) is 7.51. The van der Waals surface area contributed by atoms with Crippen LogP contribution in [0.1, 0.15) is 46.1 Å². The monoisotopic (exact) mass is 365 g/mol. The molecule has 1 aromatic rings. The van der Waals surface area contributed by atoms with Crippen LogP contribution in [0.15, 0.2) is 18.2 Å². The molecule has 3 N–H and O–H groups in total. The fourth-order valence-corrected chi connectivity index (χ4v) is 2.76. The van der Waals surface area contributed by atoms with Crippen molar-refractivity contribution in [3.63, 3.8) is 0 Å². The number of anilines is 1. The van der Waals surface area contributed by atoms with E-state index in [0.717, 1.165) is 12.8 Å². The minimum Gasteiger partial charge on any atom is -0.444 e. The molecule has 0 radical (unpaired) electrons. The number of rotatable bonds is 5. The van der Waals surface area contributed by atoms with Gasteiger partial charge in [-0.3, -0.25) is 0 Å². The Morgan fingerprint density at radius 1 is 1.23 bits per heavy atom. The molecule has 0 bridgehead atoms. The van der Waals surface area contributed by atoms with Gasteiger partial charge in [-0.2, -0.15) is 0 Å². The predicted octanol–water partition coefficient (Wildman–Crippen LogP) is 3.95. The molecule has 0 aromatic heterocycles. The van der Waals surface area contributed by atoms with E-state index >= 15 is 0 Å². The Kier molecular flexibility index (Phi) is 5.78. The number of urea groups is 1. The summed E-state index contributed by atoms with van der Waals surface area (Å²) in [5, 5.41) is 8.43. The molecule has 1 atom stereocenters. The minimum atomic E-state index is -0.588. The molecule has 0 spiro atoms. The first-order valence-corrected chi connectivity index (χ1v) is 8.81. The zero-order valence-electron chi connectivity index (χ0n) is 16.0.